The van der Waals surface area contributed by atoms with Gasteiger partial charge in [0, 0.05) is 18.5 Å². The molecule has 0 radical (unpaired) electrons. The second-order valence-corrected chi connectivity index (χ2v) is 10.2. The standard InChI is InChI=1S/C20H29FN6O3S/c1-20(2,3)19-24-17(26-9-8-15(28)11-26)16(22)18(25-19)27(23)10-13-6-4-5-7-14(13)12-31(21,29)30/h4-7,15,28H,8-12,22-23H2,1-3H3. The maximum atomic E-state index is 13.3. The third-order valence-corrected chi connectivity index (χ3v) is 5.75. The van der Waals surface area contributed by atoms with Gasteiger partial charge in [-0.2, -0.15) is 8.42 Å². The fraction of sp³-hybridized carbons (Fsp3) is 0.500. The van der Waals surface area contributed by atoms with Crippen molar-refractivity contribution in [1.29, 1.82) is 0 Å². The Balaban J connectivity index is 2.00. The molecule has 1 aliphatic heterocycles. The number of benzene rings is 1. The lowest BCUT2D eigenvalue weighted by Gasteiger charge is -2.28. The Bertz CT molecular complexity index is 1060. The number of aromatic nitrogens is 2. The molecule has 9 nitrogen and oxygen atoms in total. The van der Waals surface area contributed by atoms with Crippen LogP contribution in [0.3, 0.4) is 0 Å². The Kier molecular flexibility index (Phi) is 6.40. The van der Waals surface area contributed by atoms with Crippen molar-refractivity contribution in [3.63, 3.8) is 0 Å². The first-order chi connectivity index (χ1) is 14.3. The van der Waals surface area contributed by atoms with Gasteiger partial charge in [-0.15, -0.1) is 3.89 Å². The Morgan fingerprint density at radius 1 is 1.26 bits per heavy atom. The number of hydrazine groups is 1. The minimum absolute atomic E-state index is 0.0680. The summed E-state index contributed by atoms with van der Waals surface area (Å²) in [6.07, 6.45) is 0.153. The number of halogens is 1. The van der Waals surface area contributed by atoms with Crippen molar-refractivity contribution >= 4 is 27.5 Å². The predicted octanol–water partition coefficient (Wildman–Crippen LogP) is 1.61. The van der Waals surface area contributed by atoms with Gasteiger partial charge in [0.25, 0.3) is 0 Å². The van der Waals surface area contributed by atoms with E-state index in [4.69, 9.17) is 11.6 Å². The van der Waals surface area contributed by atoms with Gasteiger partial charge in [0.05, 0.1) is 12.6 Å². The summed E-state index contributed by atoms with van der Waals surface area (Å²) in [7, 11) is -4.70. The molecule has 1 atom stereocenters. The zero-order valence-corrected chi connectivity index (χ0v) is 18.7. The molecule has 3 rings (SSSR count). The minimum Gasteiger partial charge on any atom is -0.393 e. The molecule has 11 heteroatoms. The molecule has 1 aromatic heterocycles. The molecule has 170 valence electrons. The van der Waals surface area contributed by atoms with E-state index in [1.807, 2.05) is 25.7 Å². The fourth-order valence-electron chi connectivity index (χ4n) is 3.47. The van der Waals surface area contributed by atoms with Gasteiger partial charge in [-0.05, 0) is 17.5 Å². The summed E-state index contributed by atoms with van der Waals surface area (Å²) in [6, 6.07) is 6.58. The largest absolute Gasteiger partial charge is 0.393 e. The molecule has 0 bridgehead atoms. The van der Waals surface area contributed by atoms with Crippen molar-refractivity contribution in [3.8, 4) is 0 Å². The Hall–Kier alpha value is -2.50. The number of aliphatic hydroxyl groups is 1. The highest BCUT2D eigenvalue weighted by Gasteiger charge is 2.29. The van der Waals surface area contributed by atoms with Crippen LogP contribution in [0.25, 0.3) is 0 Å². The van der Waals surface area contributed by atoms with E-state index in [9.17, 15) is 17.4 Å². The van der Waals surface area contributed by atoms with Crippen LogP contribution in [0.4, 0.5) is 21.2 Å². The van der Waals surface area contributed by atoms with Gasteiger partial charge in [-0.3, -0.25) is 5.01 Å². The lowest BCUT2D eigenvalue weighted by atomic mass is 9.95. The number of hydrogen-bond acceptors (Lipinski definition) is 9. The van der Waals surface area contributed by atoms with E-state index in [0.29, 0.717) is 42.3 Å². The van der Waals surface area contributed by atoms with Gasteiger partial charge in [-0.25, -0.2) is 15.8 Å². The van der Waals surface area contributed by atoms with Crippen molar-refractivity contribution < 1.29 is 17.4 Å². The maximum absolute atomic E-state index is 13.3. The molecular weight excluding hydrogens is 423 g/mol. The zero-order chi connectivity index (χ0) is 23.0. The first kappa shape index (κ1) is 23.2. The molecule has 1 aliphatic rings. The number of hydrogen-bond donors (Lipinski definition) is 3. The molecule has 31 heavy (non-hydrogen) atoms. The molecule has 2 heterocycles. The third kappa shape index (κ3) is 5.60. The van der Waals surface area contributed by atoms with Gasteiger partial charge in [0.2, 0.25) is 0 Å². The predicted molar refractivity (Wildman–Crippen MR) is 119 cm³/mol. The molecule has 1 saturated heterocycles. The molecule has 1 unspecified atom stereocenters. The van der Waals surface area contributed by atoms with E-state index in [2.05, 4.69) is 9.97 Å². The number of anilines is 3. The number of β-amino-alcohol motifs (C(OH)–C–C–N with tert-alkyl or cyclic N) is 1. The van der Waals surface area contributed by atoms with E-state index >= 15 is 0 Å². The number of nitrogens with zero attached hydrogens (tertiary/aromatic N) is 4. The van der Waals surface area contributed by atoms with Crippen LogP contribution in [-0.4, -0.2) is 42.7 Å². The van der Waals surface area contributed by atoms with Crippen LogP contribution in [-0.2, 0) is 27.9 Å². The van der Waals surface area contributed by atoms with Crippen molar-refractivity contribution in [2.45, 2.75) is 51.0 Å². The second kappa shape index (κ2) is 8.56. The minimum atomic E-state index is -4.70. The summed E-state index contributed by atoms with van der Waals surface area (Å²) < 4.78 is 35.6. The molecule has 5 N–H and O–H groups in total. The van der Waals surface area contributed by atoms with Crippen LogP contribution in [0.5, 0.6) is 0 Å². The quantitative estimate of drug-likeness (QED) is 0.339. The number of nitrogens with two attached hydrogens (primary N) is 2. The van der Waals surface area contributed by atoms with Crippen molar-refractivity contribution in [1.82, 2.24) is 9.97 Å². The van der Waals surface area contributed by atoms with E-state index < -0.39 is 27.5 Å². The van der Waals surface area contributed by atoms with Gasteiger partial charge in [0.15, 0.2) is 11.6 Å². The van der Waals surface area contributed by atoms with Crippen LogP contribution < -0.4 is 21.5 Å². The van der Waals surface area contributed by atoms with Crippen LogP contribution in [0.2, 0.25) is 0 Å². The second-order valence-electron chi connectivity index (χ2n) is 8.83. The summed E-state index contributed by atoms with van der Waals surface area (Å²) in [4.78, 5) is 11.1. The van der Waals surface area contributed by atoms with Gasteiger partial charge >= 0.3 is 10.2 Å². The highest BCUT2D eigenvalue weighted by atomic mass is 32.3. The third-order valence-electron chi connectivity index (χ3n) is 5.10. The summed E-state index contributed by atoms with van der Waals surface area (Å²) in [5.74, 6) is 6.90. The highest BCUT2D eigenvalue weighted by Crippen LogP contribution is 2.34. The van der Waals surface area contributed by atoms with E-state index in [0.717, 1.165) is 0 Å². The molecule has 2 aromatic rings. The first-order valence-electron chi connectivity index (χ1n) is 9.97. The zero-order valence-electron chi connectivity index (χ0n) is 17.9. The van der Waals surface area contributed by atoms with E-state index in [1.54, 1.807) is 24.3 Å². The Morgan fingerprint density at radius 2 is 1.90 bits per heavy atom. The lowest BCUT2D eigenvalue weighted by molar-refractivity contribution is 0.198. The smallest absolute Gasteiger partial charge is 0.306 e. The lowest BCUT2D eigenvalue weighted by Crippen LogP contribution is -2.35. The molecule has 0 saturated carbocycles. The first-order valence-corrected chi connectivity index (χ1v) is 11.5. The highest BCUT2D eigenvalue weighted by molar-refractivity contribution is 7.85. The fourth-order valence-corrected chi connectivity index (χ4v) is 4.13. The van der Waals surface area contributed by atoms with Crippen molar-refractivity contribution in [2.24, 2.45) is 5.84 Å². The van der Waals surface area contributed by atoms with Crippen LogP contribution >= 0.6 is 0 Å². The molecule has 1 aromatic carbocycles. The topological polar surface area (TPSA) is 139 Å². The van der Waals surface area contributed by atoms with Crippen molar-refractivity contribution in [3.05, 3.63) is 41.2 Å². The maximum Gasteiger partial charge on any atom is 0.306 e. The van der Waals surface area contributed by atoms with E-state index in [-0.39, 0.29) is 18.1 Å². The summed E-state index contributed by atoms with van der Waals surface area (Å²) in [5, 5.41) is 11.2. The average molecular weight is 453 g/mol. The van der Waals surface area contributed by atoms with Crippen molar-refractivity contribution in [2.75, 3.05) is 28.7 Å². The summed E-state index contributed by atoms with van der Waals surface area (Å²) in [5.41, 5.74) is 7.11. The molecule has 0 aliphatic carbocycles. The number of nitrogen functional groups attached to an aromatic ring is 1. The van der Waals surface area contributed by atoms with Gasteiger partial charge < -0.3 is 15.7 Å². The van der Waals surface area contributed by atoms with Crippen LogP contribution in [0.15, 0.2) is 24.3 Å². The molecule has 0 amide bonds. The SMILES string of the molecule is CC(C)(C)c1nc(N(N)Cc2ccccc2CS(=O)(=O)F)c(N)c(N2CCC(O)C2)n1. The van der Waals surface area contributed by atoms with Crippen LogP contribution in [0.1, 0.15) is 44.1 Å². The summed E-state index contributed by atoms with van der Waals surface area (Å²) >= 11 is 0. The van der Waals surface area contributed by atoms with E-state index in [1.165, 1.54) is 5.01 Å². The number of rotatable bonds is 6. The molecule has 1 fully saturated rings. The summed E-state index contributed by atoms with van der Waals surface area (Å²) in [6.45, 7) is 6.98. The van der Waals surface area contributed by atoms with Gasteiger partial charge in [-0.1, -0.05) is 45.0 Å². The Labute approximate surface area is 182 Å². The average Bonchev–Trinajstić information content (AvgIpc) is 3.07. The van der Waals surface area contributed by atoms with Gasteiger partial charge in [0.1, 0.15) is 17.3 Å². The molecule has 0 spiro atoms. The molecular formula is C20H29FN6O3S. The van der Waals surface area contributed by atoms with Crippen LogP contribution in [0, 0.1) is 0 Å². The number of aliphatic hydroxyl groups excluding tert-OH is 1. The normalized spacial score (nSPS) is 17.2. The monoisotopic (exact) mass is 452 g/mol. The Morgan fingerprint density at radius 3 is 2.45 bits per heavy atom.